The number of pyridine rings is 1. The van der Waals surface area contributed by atoms with E-state index in [1.54, 1.807) is 17.0 Å². The maximum Gasteiger partial charge on any atom is 0.319 e. The van der Waals surface area contributed by atoms with E-state index in [9.17, 15) is 4.79 Å². The number of carbonyl (C=O) groups excluding carboxylic acids is 1. The van der Waals surface area contributed by atoms with Crippen molar-refractivity contribution in [2.75, 3.05) is 57.1 Å². The number of carbonyl (C=O) groups is 1. The van der Waals surface area contributed by atoms with Crippen LogP contribution in [0.2, 0.25) is 5.02 Å². The Balaban J connectivity index is 1.59. The maximum atomic E-state index is 16.6. The first-order valence-corrected chi connectivity index (χ1v) is 14.6. The fourth-order valence-electron chi connectivity index (χ4n) is 5.76. The van der Waals surface area contributed by atoms with Crippen molar-refractivity contribution in [3.8, 4) is 17.3 Å². The lowest BCUT2D eigenvalue weighted by molar-refractivity contribution is -0.126. The first-order chi connectivity index (χ1) is 20.1. The van der Waals surface area contributed by atoms with Gasteiger partial charge in [0.1, 0.15) is 23.8 Å². The molecule has 0 aliphatic carbocycles. The van der Waals surface area contributed by atoms with Crippen molar-refractivity contribution in [2.45, 2.75) is 45.7 Å². The van der Waals surface area contributed by atoms with Crippen molar-refractivity contribution in [1.82, 2.24) is 24.8 Å². The van der Waals surface area contributed by atoms with Crippen LogP contribution >= 0.6 is 11.6 Å². The van der Waals surface area contributed by atoms with Crippen LogP contribution in [0.25, 0.3) is 22.2 Å². The highest BCUT2D eigenvalue weighted by molar-refractivity contribution is 6.34. The largest absolute Gasteiger partial charge is 0.462 e. The maximum absolute atomic E-state index is 16.6. The Bertz CT molecular complexity index is 1540. The summed E-state index contributed by atoms with van der Waals surface area (Å²) in [6.45, 7) is 8.19. The number of benzene rings is 1. The second-order valence-electron chi connectivity index (χ2n) is 11.1. The van der Waals surface area contributed by atoms with Crippen LogP contribution in [0.1, 0.15) is 30.9 Å². The van der Waals surface area contributed by atoms with Crippen molar-refractivity contribution < 1.29 is 19.0 Å². The molecule has 1 amide bonds. The van der Waals surface area contributed by atoms with Gasteiger partial charge in [-0.15, -0.1) is 0 Å². The van der Waals surface area contributed by atoms with Gasteiger partial charge in [0.05, 0.1) is 22.9 Å². The van der Waals surface area contributed by atoms with E-state index in [4.69, 9.17) is 32.2 Å². The smallest absolute Gasteiger partial charge is 0.319 e. The number of anilines is 2. The lowest BCUT2D eigenvalue weighted by Gasteiger charge is -2.40. The van der Waals surface area contributed by atoms with Gasteiger partial charge in [-0.1, -0.05) is 17.7 Å². The second kappa shape index (κ2) is 12.4. The highest BCUT2D eigenvalue weighted by atomic mass is 35.5. The number of piperazine rings is 1. The predicted octanol–water partition coefficient (Wildman–Crippen LogP) is 3.74. The number of hydrogen-bond donors (Lipinski definition) is 2. The highest BCUT2D eigenvalue weighted by Gasteiger charge is 2.31. The van der Waals surface area contributed by atoms with Crippen LogP contribution in [0.5, 0.6) is 6.01 Å². The molecule has 0 saturated carbocycles. The van der Waals surface area contributed by atoms with Gasteiger partial charge in [0.2, 0.25) is 5.91 Å². The highest BCUT2D eigenvalue weighted by Crippen LogP contribution is 2.40. The van der Waals surface area contributed by atoms with Crippen molar-refractivity contribution in [2.24, 2.45) is 0 Å². The number of likely N-dealkylation sites (tertiary alicyclic amines) is 1. The summed E-state index contributed by atoms with van der Waals surface area (Å²) in [6, 6.07) is 3.56. The molecule has 2 fully saturated rings. The molecule has 10 nitrogen and oxygen atoms in total. The molecule has 12 heteroatoms. The van der Waals surface area contributed by atoms with Crippen molar-refractivity contribution in [1.29, 1.82) is 0 Å². The fourth-order valence-corrected chi connectivity index (χ4v) is 6.04. The Hall–Kier alpha value is -3.54. The van der Waals surface area contributed by atoms with Crippen LogP contribution in [-0.2, 0) is 4.79 Å². The number of aliphatic hydroxyl groups is 1. The number of nitrogen functional groups attached to an aromatic ring is 1. The SMILES string of the molecule is Cc1cc(N)nc(-c2c(Cl)cc3c(N4CCN(C(=O)/C=C/CO)C[C@@H]4C)nc(OC[C@@H]4CCCN4C)nc3c2F)c1C. The number of ether oxygens (including phenoxy) is 1. The lowest BCUT2D eigenvalue weighted by Crippen LogP contribution is -2.53. The van der Waals surface area contributed by atoms with Gasteiger partial charge < -0.3 is 30.3 Å². The zero-order valence-electron chi connectivity index (χ0n) is 24.4. The molecule has 0 unspecified atom stereocenters. The number of hydrogen-bond acceptors (Lipinski definition) is 9. The molecule has 2 aliphatic heterocycles. The standard InChI is InChI=1S/C30H37ClFN7O3/c1-17-13-23(33)34-27(19(17)3)25-22(31)14-21-28(26(25)32)35-30(42-16-20-7-5-9-37(20)4)36-29(21)39-11-10-38(15-18(39)2)24(41)8-6-12-40/h6,8,13-14,18,20,40H,5,7,9-12,15-16H2,1-4H3,(H2,33,34)/b8-6+/t18-,20-/m0/s1. The first kappa shape index (κ1) is 29.9. The number of aromatic nitrogens is 3. The van der Waals surface area contributed by atoms with E-state index in [0.29, 0.717) is 43.1 Å². The van der Waals surface area contributed by atoms with E-state index in [-0.39, 0.29) is 52.5 Å². The summed E-state index contributed by atoms with van der Waals surface area (Å²) in [4.78, 5) is 32.3. The molecule has 2 saturated heterocycles. The summed E-state index contributed by atoms with van der Waals surface area (Å²) in [7, 11) is 2.06. The Morgan fingerprint density at radius 3 is 2.71 bits per heavy atom. The van der Waals surface area contributed by atoms with Crippen LogP contribution in [0.15, 0.2) is 24.3 Å². The van der Waals surface area contributed by atoms with E-state index < -0.39 is 5.82 Å². The minimum Gasteiger partial charge on any atom is -0.462 e. The molecule has 2 aliphatic rings. The molecule has 2 atom stereocenters. The third kappa shape index (κ3) is 5.86. The number of fused-ring (bicyclic) bond motifs is 1. The van der Waals surface area contributed by atoms with Crippen molar-refractivity contribution in [3.05, 3.63) is 46.3 Å². The third-order valence-electron chi connectivity index (χ3n) is 8.28. The van der Waals surface area contributed by atoms with Crippen LogP contribution in [-0.4, -0.2) is 94.3 Å². The second-order valence-corrected chi connectivity index (χ2v) is 11.5. The minimum atomic E-state index is -0.625. The summed E-state index contributed by atoms with van der Waals surface area (Å²) in [5.41, 5.74) is 8.24. The number of nitrogens with two attached hydrogens (primary N) is 1. The normalized spacial score (nSPS) is 19.8. The molecule has 3 aromatic rings. The van der Waals surface area contributed by atoms with Gasteiger partial charge in [0, 0.05) is 43.2 Å². The molecular formula is C30H37ClFN7O3. The molecule has 1 aromatic carbocycles. The Labute approximate surface area is 249 Å². The molecule has 3 N–H and O–H groups in total. The Kier molecular flexibility index (Phi) is 8.81. The van der Waals surface area contributed by atoms with E-state index in [2.05, 4.69) is 21.9 Å². The van der Waals surface area contributed by atoms with E-state index in [0.717, 1.165) is 30.5 Å². The molecule has 4 heterocycles. The van der Waals surface area contributed by atoms with E-state index >= 15 is 4.39 Å². The lowest BCUT2D eigenvalue weighted by atomic mass is 10.00. The Morgan fingerprint density at radius 1 is 1.24 bits per heavy atom. The Morgan fingerprint density at radius 2 is 2.02 bits per heavy atom. The van der Waals surface area contributed by atoms with Gasteiger partial charge in [-0.05, 0) is 70.5 Å². The molecule has 224 valence electrons. The molecule has 5 rings (SSSR count). The van der Waals surface area contributed by atoms with Crippen molar-refractivity contribution in [3.63, 3.8) is 0 Å². The van der Waals surface area contributed by atoms with Crippen LogP contribution in [0.4, 0.5) is 16.0 Å². The number of nitrogens with zero attached hydrogens (tertiary/aromatic N) is 6. The topological polar surface area (TPSA) is 121 Å². The number of aryl methyl sites for hydroxylation is 1. The number of amides is 1. The average Bonchev–Trinajstić information content (AvgIpc) is 3.37. The summed E-state index contributed by atoms with van der Waals surface area (Å²) >= 11 is 6.77. The summed E-state index contributed by atoms with van der Waals surface area (Å²) < 4.78 is 22.7. The molecule has 0 radical (unpaired) electrons. The monoisotopic (exact) mass is 597 g/mol. The van der Waals surface area contributed by atoms with Crippen LogP contribution in [0.3, 0.4) is 0 Å². The summed E-state index contributed by atoms with van der Waals surface area (Å²) in [5, 5.41) is 9.65. The zero-order chi connectivity index (χ0) is 30.1. The van der Waals surface area contributed by atoms with Gasteiger partial charge in [0.15, 0.2) is 5.82 Å². The number of halogens is 2. The minimum absolute atomic E-state index is 0.0760. The van der Waals surface area contributed by atoms with Crippen molar-refractivity contribution >= 4 is 40.0 Å². The quantitative estimate of drug-likeness (QED) is 0.392. The van der Waals surface area contributed by atoms with E-state index in [1.807, 2.05) is 25.7 Å². The fraction of sp³-hybridized carbons (Fsp3) is 0.467. The number of aliphatic hydroxyl groups excluding tert-OH is 1. The van der Waals surface area contributed by atoms with Gasteiger partial charge in [-0.3, -0.25) is 4.79 Å². The molecule has 0 bridgehead atoms. The van der Waals surface area contributed by atoms with Gasteiger partial charge in [-0.2, -0.15) is 9.97 Å². The number of rotatable bonds is 7. The zero-order valence-corrected chi connectivity index (χ0v) is 25.2. The average molecular weight is 598 g/mol. The molecule has 0 spiro atoms. The predicted molar refractivity (Wildman–Crippen MR) is 162 cm³/mol. The summed E-state index contributed by atoms with van der Waals surface area (Å²) in [5.74, 6) is -0.0418. The molecule has 42 heavy (non-hydrogen) atoms. The molecule has 2 aromatic heterocycles. The van der Waals surface area contributed by atoms with Gasteiger partial charge >= 0.3 is 6.01 Å². The first-order valence-electron chi connectivity index (χ1n) is 14.2. The van der Waals surface area contributed by atoms with Crippen LogP contribution < -0.4 is 15.4 Å². The van der Waals surface area contributed by atoms with Gasteiger partial charge in [0.25, 0.3) is 0 Å². The van der Waals surface area contributed by atoms with E-state index in [1.165, 1.54) is 12.2 Å². The van der Waals surface area contributed by atoms with Gasteiger partial charge in [-0.25, -0.2) is 9.37 Å². The summed E-state index contributed by atoms with van der Waals surface area (Å²) in [6.07, 6.45) is 4.88. The van der Waals surface area contributed by atoms with Crippen LogP contribution in [0, 0.1) is 19.7 Å². The third-order valence-corrected chi connectivity index (χ3v) is 8.58. The number of likely N-dealkylation sites (N-methyl/N-ethyl adjacent to an activating group) is 1. The molecular weight excluding hydrogens is 561 g/mol.